The largest absolute Gasteiger partial charge is 0.481 e. The summed E-state index contributed by atoms with van der Waals surface area (Å²) in [5, 5.41) is 117. The first-order chi connectivity index (χ1) is 30.6. The smallest absolute Gasteiger partial charge is 0.308 e. The Morgan fingerprint density at radius 3 is 1.68 bits per heavy atom. The summed E-state index contributed by atoms with van der Waals surface area (Å²) in [5.41, 5.74) is 6.00. The third kappa shape index (κ3) is 21.0. The number of nitrogens with two attached hydrogens (primary N) is 1. The number of hydrogen-bond acceptors (Lipinski definition) is 16. The Hall–Kier alpha value is -3.40. The summed E-state index contributed by atoms with van der Waals surface area (Å²) in [5.74, 6) is -4.99. The molecule has 0 amide bonds. The summed E-state index contributed by atoms with van der Waals surface area (Å²) in [6.45, 7) is 8.23. The number of cyclic esters (lactones) is 1. The first-order valence-corrected chi connectivity index (χ1v) is 22.6. The second-order valence-electron chi connectivity index (χ2n) is 17.6. The first kappa shape index (κ1) is 57.7. The monoisotopic (exact) mass is 924 g/mol. The van der Waals surface area contributed by atoms with Crippen molar-refractivity contribution in [2.75, 3.05) is 0 Å². The Labute approximate surface area is 383 Å². The number of carboxylic acids is 1. The lowest BCUT2D eigenvalue weighted by Crippen LogP contribution is -2.61. The maximum atomic E-state index is 12.6. The lowest BCUT2D eigenvalue weighted by molar-refractivity contribution is -0.276. The summed E-state index contributed by atoms with van der Waals surface area (Å²) in [7, 11) is 0. The molecule has 1 fully saturated rings. The third-order valence-electron chi connectivity index (χ3n) is 12.2. The SMILES string of the molecule is C[C@@H]1[C@H](O)[C@@H](C)/C=C/C=C/C=C/C=C/C=C/C=C/C=C/[C@H](OC2O[C@H](C)[C@@H](O)[C@H](N)[C@@H]2O)CC[C@H](C(=O)O)[C@@H](C)[C@H](O)C(O)C[C@@H](O)C[C@@H](O)[C@H](O)CC[C@@H](O)C[C@@H](O)CC(=O)O[C@H]1C. The topological polar surface area (TPSA) is 310 Å². The predicted octanol–water partition coefficient (Wildman–Crippen LogP) is 1.62. The van der Waals surface area contributed by atoms with Crippen LogP contribution in [0.15, 0.2) is 85.1 Å². The Morgan fingerprint density at radius 2 is 1.11 bits per heavy atom. The van der Waals surface area contributed by atoms with E-state index in [-0.39, 0.29) is 38.0 Å². The number of hydrogen-bond donors (Lipinski definition) is 12. The highest BCUT2D eigenvalue weighted by molar-refractivity contribution is 5.70. The van der Waals surface area contributed by atoms with Crippen molar-refractivity contribution >= 4 is 11.9 Å². The zero-order valence-electron chi connectivity index (χ0n) is 38.2. The molecular formula is C48H77NO16. The van der Waals surface area contributed by atoms with Gasteiger partial charge in [-0.25, -0.2) is 0 Å². The molecule has 2 aliphatic rings. The van der Waals surface area contributed by atoms with Crippen molar-refractivity contribution in [1.82, 2.24) is 0 Å². The highest BCUT2D eigenvalue weighted by Crippen LogP contribution is 2.29. The summed E-state index contributed by atoms with van der Waals surface area (Å²) in [6, 6.07) is -1.07. The van der Waals surface area contributed by atoms with Gasteiger partial charge in [0, 0.05) is 24.7 Å². The van der Waals surface area contributed by atoms with E-state index < -0.39 is 141 Å². The van der Waals surface area contributed by atoms with Gasteiger partial charge in [-0.15, -0.1) is 0 Å². The Balaban J connectivity index is 2.29. The molecule has 0 aliphatic carbocycles. The van der Waals surface area contributed by atoms with Gasteiger partial charge in [0.05, 0.1) is 85.5 Å². The van der Waals surface area contributed by atoms with Crippen LogP contribution in [0, 0.1) is 23.7 Å². The maximum Gasteiger partial charge on any atom is 0.308 e. The lowest BCUT2D eigenvalue weighted by atomic mass is 9.82. The number of aliphatic hydroxyl groups excluding tert-OH is 10. The van der Waals surface area contributed by atoms with Crippen molar-refractivity contribution in [3.8, 4) is 0 Å². The van der Waals surface area contributed by atoms with Gasteiger partial charge < -0.3 is 76.1 Å². The van der Waals surface area contributed by atoms with Crippen molar-refractivity contribution in [1.29, 1.82) is 0 Å². The van der Waals surface area contributed by atoms with E-state index in [1.165, 1.54) is 6.92 Å². The first-order valence-electron chi connectivity index (χ1n) is 22.6. The van der Waals surface area contributed by atoms with Crippen molar-refractivity contribution in [3.63, 3.8) is 0 Å². The molecule has 0 aromatic rings. The Morgan fingerprint density at radius 1 is 0.569 bits per heavy atom. The normalized spacial score (nSPS) is 43.9. The molecule has 65 heavy (non-hydrogen) atoms. The number of ether oxygens (including phenoxy) is 3. The number of aliphatic hydroxyl groups is 10. The molecule has 13 N–H and O–H groups in total. The summed E-state index contributed by atoms with van der Waals surface area (Å²) < 4.78 is 17.2. The van der Waals surface area contributed by atoms with Gasteiger partial charge in [-0.1, -0.05) is 106 Å². The van der Waals surface area contributed by atoms with Gasteiger partial charge in [0.1, 0.15) is 12.2 Å². The van der Waals surface area contributed by atoms with E-state index in [1.54, 1.807) is 69.4 Å². The molecule has 0 aromatic heterocycles. The van der Waals surface area contributed by atoms with E-state index >= 15 is 0 Å². The van der Waals surface area contributed by atoms with E-state index in [2.05, 4.69) is 0 Å². The van der Waals surface area contributed by atoms with Crippen LogP contribution >= 0.6 is 0 Å². The van der Waals surface area contributed by atoms with Gasteiger partial charge in [0.25, 0.3) is 0 Å². The zero-order chi connectivity index (χ0) is 48.8. The summed E-state index contributed by atoms with van der Waals surface area (Å²) >= 11 is 0. The fourth-order valence-electron chi connectivity index (χ4n) is 7.62. The van der Waals surface area contributed by atoms with Crippen LogP contribution in [0.5, 0.6) is 0 Å². The van der Waals surface area contributed by atoms with E-state index in [1.807, 2.05) is 43.4 Å². The van der Waals surface area contributed by atoms with Crippen molar-refractivity contribution in [3.05, 3.63) is 85.1 Å². The molecule has 1 saturated heterocycles. The standard InChI is InChI=1S/C48H77NO16/c1-28-18-16-14-12-10-8-6-7-9-11-13-15-17-19-36(65-48-46(60)42(49)45(59)32(5)64-48)21-22-37(47(61)62)30(3)44(58)40(55)26-35(52)25-39(54)38(53)23-20-33(50)24-34(51)27-41(56)63-31(4)29(2)43(28)57/h6-19,28-40,42-46,48,50-55,57-60H,20-27,49H2,1-5H3,(H,61,62)/b7-6+,10-8+,11-9+,14-12+,15-13+,18-16+,19-17+/t28-,29-,30+,31-,32+,33+,34+,35-,36-,37-,38+,39+,40?,42-,43+,44-,45+,46-,48?/m0/s1. The van der Waals surface area contributed by atoms with Crippen molar-refractivity contribution in [2.24, 2.45) is 29.4 Å². The third-order valence-corrected chi connectivity index (χ3v) is 12.2. The highest BCUT2D eigenvalue weighted by Gasteiger charge is 2.42. The molecule has 2 heterocycles. The van der Waals surface area contributed by atoms with Gasteiger partial charge in [-0.3, -0.25) is 9.59 Å². The molecule has 19 atom stereocenters. The lowest BCUT2D eigenvalue weighted by Gasteiger charge is -2.40. The fourth-order valence-corrected chi connectivity index (χ4v) is 7.62. The van der Waals surface area contributed by atoms with Crippen molar-refractivity contribution < 1.29 is 80.0 Å². The molecule has 0 radical (unpaired) electrons. The number of carboxylic acid groups (broad SMARTS) is 1. The summed E-state index contributed by atoms with van der Waals surface area (Å²) in [4.78, 5) is 25.1. The fraction of sp³-hybridized carbons (Fsp3) is 0.667. The predicted molar refractivity (Wildman–Crippen MR) is 242 cm³/mol. The van der Waals surface area contributed by atoms with Crippen LogP contribution in [0.1, 0.15) is 86.0 Å². The average molecular weight is 924 g/mol. The number of carbonyl (C=O) groups excluding carboxylic acids is 1. The minimum Gasteiger partial charge on any atom is -0.481 e. The van der Waals surface area contributed by atoms with Crippen LogP contribution in [-0.2, 0) is 23.8 Å². The molecule has 0 spiro atoms. The van der Waals surface area contributed by atoms with Gasteiger partial charge in [-0.05, 0) is 51.9 Å². The van der Waals surface area contributed by atoms with Crippen LogP contribution in [0.2, 0.25) is 0 Å². The van der Waals surface area contributed by atoms with Crippen LogP contribution < -0.4 is 5.73 Å². The number of allylic oxidation sites excluding steroid dienone is 12. The Bertz CT molecular complexity index is 1600. The van der Waals surface area contributed by atoms with Crippen LogP contribution in [0.4, 0.5) is 0 Å². The van der Waals surface area contributed by atoms with Gasteiger partial charge in [0.2, 0.25) is 0 Å². The molecule has 0 bridgehead atoms. The van der Waals surface area contributed by atoms with Crippen LogP contribution in [0.3, 0.4) is 0 Å². The van der Waals surface area contributed by atoms with Crippen LogP contribution in [-0.4, -0.2) is 160 Å². The number of rotatable bonds is 3. The molecule has 17 heteroatoms. The molecule has 2 rings (SSSR count). The molecule has 0 saturated carbocycles. The van der Waals surface area contributed by atoms with E-state index in [4.69, 9.17) is 19.9 Å². The number of esters is 1. The maximum absolute atomic E-state index is 12.6. The molecule has 17 nitrogen and oxygen atoms in total. The van der Waals surface area contributed by atoms with E-state index in [9.17, 15) is 65.8 Å². The number of aliphatic carboxylic acids is 1. The average Bonchev–Trinajstić information content (AvgIpc) is 3.24. The zero-order valence-corrected chi connectivity index (χ0v) is 38.2. The quantitative estimate of drug-likeness (QED) is 0.179. The van der Waals surface area contributed by atoms with E-state index in [0.717, 1.165) is 0 Å². The minimum absolute atomic E-state index is 0.0503. The molecular weight excluding hydrogens is 847 g/mol. The van der Waals surface area contributed by atoms with Crippen molar-refractivity contribution in [2.45, 2.75) is 178 Å². The minimum atomic E-state index is -1.63. The number of carbonyl (C=O) groups is 2. The van der Waals surface area contributed by atoms with Gasteiger partial charge in [-0.2, -0.15) is 0 Å². The van der Waals surface area contributed by atoms with Crippen LogP contribution in [0.25, 0.3) is 0 Å². The second kappa shape index (κ2) is 30.1. The molecule has 2 unspecified atom stereocenters. The molecule has 0 aromatic carbocycles. The highest BCUT2D eigenvalue weighted by atomic mass is 16.7. The second-order valence-corrected chi connectivity index (χ2v) is 17.6. The van der Waals surface area contributed by atoms with E-state index in [0.29, 0.717) is 0 Å². The van der Waals surface area contributed by atoms with Gasteiger partial charge in [0.15, 0.2) is 6.29 Å². The van der Waals surface area contributed by atoms with Gasteiger partial charge >= 0.3 is 11.9 Å². The molecule has 370 valence electrons. The Kier molecular flexibility index (Phi) is 26.7. The summed E-state index contributed by atoms with van der Waals surface area (Å²) in [6.07, 6.45) is 5.98. The molecule has 2 aliphatic heterocycles.